The van der Waals surface area contributed by atoms with Gasteiger partial charge in [-0.15, -0.1) is 0 Å². The molecule has 3 heterocycles. The molecule has 8 nitrogen and oxygen atoms in total. The van der Waals surface area contributed by atoms with Crippen molar-refractivity contribution in [2.75, 3.05) is 14.2 Å². The molecule has 4 rings (SSSR count). The lowest BCUT2D eigenvalue weighted by molar-refractivity contribution is -0.116. The van der Waals surface area contributed by atoms with Gasteiger partial charge >= 0.3 is 0 Å². The van der Waals surface area contributed by atoms with Crippen LogP contribution < -0.4 is 15.4 Å². The molecule has 0 saturated carbocycles. The van der Waals surface area contributed by atoms with Gasteiger partial charge in [0.1, 0.15) is 12.0 Å². The molecular formula is C24H22Cl2N4O4. The van der Waals surface area contributed by atoms with Crippen molar-refractivity contribution in [1.82, 2.24) is 20.2 Å². The number of Topliss-reactive ketones (excluding diaryl/α,β-unsaturated/α-hetero) is 1. The zero-order valence-corrected chi connectivity index (χ0v) is 20.2. The highest BCUT2D eigenvalue weighted by Crippen LogP contribution is 2.35. The number of ketones is 1. The molecule has 2 N–H and O–H groups in total. The van der Waals surface area contributed by atoms with E-state index in [0.29, 0.717) is 44.6 Å². The number of aromatic nitrogens is 2. The van der Waals surface area contributed by atoms with Gasteiger partial charge in [0.25, 0.3) is 11.7 Å². The van der Waals surface area contributed by atoms with E-state index in [9.17, 15) is 9.59 Å². The van der Waals surface area contributed by atoms with Gasteiger partial charge in [0.05, 0.1) is 40.5 Å². The van der Waals surface area contributed by atoms with E-state index < -0.39 is 17.9 Å². The van der Waals surface area contributed by atoms with Gasteiger partial charge in [0.2, 0.25) is 0 Å². The SMILES string of the molecule is COc1cc2c(C(=O)C(=O)NC3=CC(OC)NC=C3)c(C)n(Cc3ccc(Cl)cn3)c2cc1Cl. The highest BCUT2D eigenvalue weighted by Gasteiger charge is 2.27. The zero-order valence-electron chi connectivity index (χ0n) is 18.7. The van der Waals surface area contributed by atoms with Gasteiger partial charge in [-0.3, -0.25) is 14.6 Å². The van der Waals surface area contributed by atoms with Gasteiger partial charge < -0.3 is 24.7 Å². The van der Waals surface area contributed by atoms with Crippen LogP contribution >= 0.6 is 23.2 Å². The number of fused-ring (bicyclic) bond motifs is 1. The summed E-state index contributed by atoms with van der Waals surface area (Å²) in [4.78, 5) is 30.7. The molecule has 10 heteroatoms. The number of amides is 1. The highest BCUT2D eigenvalue weighted by atomic mass is 35.5. The van der Waals surface area contributed by atoms with Gasteiger partial charge in [-0.25, -0.2) is 0 Å². The monoisotopic (exact) mass is 500 g/mol. The quantitative estimate of drug-likeness (QED) is 0.376. The number of carbonyl (C=O) groups excluding carboxylic acids is 2. The maximum Gasteiger partial charge on any atom is 0.296 e. The van der Waals surface area contributed by atoms with E-state index in [2.05, 4.69) is 15.6 Å². The van der Waals surface area contributed by atoms with Crippen molar-refractivity contribution in [3.05, 3.63) is 81.5 Å². The lowest BCUT2D eigenvalue weighted by atomic mass is 10.1. The minimum absolute atomic E-state index is 0.262. The van der Waals surface area contributed by atoms with Gasteiger partial charge in [-0.05, 0) is 43.3 Å². The molecule has 3 aromatic rings. The first-order valence-electron chi connectivity index (χ1n) is 10.3. The predicted molar refractivity (Wildman–Crippen MR) is 130 cm³/mol. The first kappa shape index (κ1) is 23.8. The van der Waals surface area contributed by atoms with Crippen molar-refractivity contribution >= 4 is 45.8 Å². The van der Waals surface area contributed by atoms with Crippen LogP contribution in [0, 0.1) is 6.92 Å². The molecule has 34 heavy (non-hydrogen) atoms. The van der Waals surface area contributed by atoms with Gasteiger partial charge in [-0.1, -0.05) is 23.2 Å². The van der Waals surface area contributed by atoms with Crippen LogP contribution in [0.4, 0.5) is 0 Å². The molecule has 0 radical (unpaired) electrons. The van der Waals surface area contributed by atoms with Crippen LogP contribution in [0.25, 0.3) is 10.9 Å². The molecule has 0 fully saturated rings. The largest absolute Gasteiger partial charge is 0.495 e. The number of dihydropyridines is 1. The third-order valence-electron chi connectivity index (χ3n) is 5.51. The molecule has 1 amide bonds. The number of halogens is 2. The third kappa shape index (κ3) is 4.65. The van der Waals surface area contributed by atoms with E-state index in [-0.39, 0.29) is 5.56 Å². The fraction of sp³-hybridized carbons (Fsp3) is 0.208. The molecule has 0 saturated heterocycles. The minimum Gasteiger partial charge on any atom is -0.495 e. The van der Waals surface area contributed by atoms with E-state index >= 15 is 0 Å². The highest BCUT2D eigenvalue weighted by molar-refractivity contribution is 6.46. The minimum atomic E-state index is -0.770. The van der Waals surface area contributed by atoms with Gasteiger partial charge in [-0.2, -0.15) is 0 Å². The van der Waals surface area contributed by atoms with Crippen molar-refractivity contribution < 1.29 is 19.1 Å². The Kier molecular flexibility index (Phi) is 6.92. The number of hydrogen-bond donors (Lipinski definition) is 2. The third-order valence-corrected chi connectivity index (χ3v) is 6.02. The first-order chi connectivity index (χ1) is 16.3. The number of nitrogens with one attached hydrogen (secondary N) is 2. The summed E-state index contributed by atoms with van der Waals surface area (Å²) in [6.45, 7) is 2.13. The smallest absolute Gasteiger partial charge is 0.296 e. The molecule has 1 unspecified atom stereocenters. The standard InChI is InChI=1S/C24H22Cl2N4O4/c1-13-22(23(31)24(32)29-15-6-7-27-21(8-15)34-3)17-9-20(33-2)18(26)10-19(17)30(13)12-16-5-4-14(25)11-28-16/h4-11,21,27H,12H2,1-3H3,(H,29,32). The van der Waals surface area contributed by atoms with Crippen molar-refractivity contribution in [2.45, 2.75) is 19.7 Å². The Labute approximate surface area is 206 Å². The normalized spacial score (nSPS) is 15.1. The average Bonchev–Trinajstić information content (AvgIpc) is 3.09. The van der Waals surface area contributed by atoms with Crippen LogP contribution in [0.5, 0.6) is 5.75 Å². The number of hydrogen-bond acceptors (Lipinski definition) is 6. The number of rotatable bonds is 7. The molecule has 1 aromatic carbocycles. The van der Waals surface area contributed by atoms with Crippen molar-refractivity contribution in [3.63, 3.8) is 0 Å². The molecule has 0 spiro atoms. The second-order valence-corrected chi connectivity index (χ2v) is 8.42. The van der Waals surface area contributed by atoms with E-state index in [0.717, 1.165) is 5.69 Å². The number of carbonyl (C=O) groups is 2. The van der Waals surface area contributed by atoms with E-state index in [4.69, 9.17) is 32.7 Å². The number of allylic oxidation sites excluding steroid dienone is 1. The summed E-state index contributed by atoms with van der Waals surface area (Å²) >= 11 is 12.4. The maximum atomic E-state index is 13.4. The fourth-order valence-corrected chi connectivity index (χ4v) is 4.15. The van der Waals surface area contributed by atoms with Crippen molar-refractivity contribution in [1.29, 1.82) is 0 Å². The number of ether oxygens (including phenoxy) is 2. The lowest BCUT2D eigenvalue weighted by Gasteiger charge is -2.17. The zero-order chi connectivity index (χ0) is 24.4. The summed E-state index contributed by atoms with van der Waals surface area (Å²) in [5, 5.41) is 7.07. The van der Waals surface area contributed by atoms with Crippen LogP contribution in [0.3, 0.4) is 0 Å². The van der Waals surface area contributed by atoms with Crippen LogP contribution in [0.15, 0.2) is 54.5 Å². The van der Waals surface area contributed by atoms with Crippen LogP contribution in [-0.2, 0) is 16.1 Å². The fourth-order valence-electron chi connectivity index (χ4n) is 3.81. The lowest BCUT2D eigenvalue weighted by Crippen LogP contribution is -2.34. The van der Waals surface area contributed by atoms with E-state index in [1.165, 1.54) is 14.2 Å². The van der Waals surface area contributed by atoms with Crippen LogP contribution in [0.2, 0.25) is 10.0 Å². The summed E-state index contributed by atoms with van der Waals surface area (Å²) in [5.74, 6) is -1.05. The Morgan fingerprint density at radius 2 is 2.03 bits per heavy atom. The second kappa shape index (κ2) is 9.89. The summed E-state index contributed by atoms with van der Waals surface area (Å²) < 4.78 is 12.5. The molecule has 1 atom stereocenters. The Morgan fingerprint density at radius 3 is 2.71 bits per heavy atom. The first-order valence-corrected chi connectivity index (χ1v) is 11.1. The Morgan fingerprint density at radius 1 is 1.24 bits per heavy atom. The number of benzene rings is 1. The number of pyridine rings is 1. The van der Waals surface area contributed by atoms with Crippen molar-refractivity contribution in [3.8, 4) is 5.75 Å². The average molecular weight is 501 g/mol. The molecule has 1 aliphatic rings. The summed E-state index contributed by atoms with van der Waals surface area (Å²) in [6.07, 6.45) is 6.10. The number of nitrogens with zero attached hydrogens (tertiary/aromatic N) is 2. The molecule has 0 aliphatic carbocycles. The molecule has 176 valence electrons. The van der Waals surface area contributed by atoms with Crippen LogP contribution in [-0.4, -0.2) is 41.7 Å². The molecule has 2 aromatic heterocycles. The molecule has 1 aliphatic heterocycles. The van der Waals surface area contributed by atoms with E-state index in [1.54, 1.807) is 55.7 Å². The van der Waals surface area contributed by atoms with E-state index in [1.807, 2.05) is 4.57 Å². The summed E-state index contributed by atoms with van der Waals surface area (Å²) in [6, 6.07) is 6.93. The Balaban J connectivity index is 1.76. The van der Waals surface area contributed by atoms with Gasteiger partial charge in [0, 0.05) is 36.3 Å². The Hall–Kier alpha value is -3.33. The summed E-state index contributed by atoms with van der Waals surface area (Å²) in [5.41, 5.74) is 2.72. The summed E-state index contributed by atoms with van der Waals surface area (Å²) in [7, 11) is 3.02. The number of methoxy groups -OCH3 is 2. The second-order valence-electron chi connectivity index (χ2n) is 7.58. The van der Waals surface area contributed by atoms with Crippen LogP contribution in [0.1, 0.15) is 21.7 Å². The molecule has 0 bridgehead atoms. The van der Waals surface area contributed by atoms with Gasteiger partial charge in [0.15, 0.2) is 0 Å². The topological polar surface area (TPSA) is 94.5 Å². The maximum absolute atomic E-state index is 13.4. The van der Waals surface area contributed by atoms with Crippen molar-refractivity contribution in [2.24, 2.45) is 0 Å². The predicted octanol–water partition coefficient (Wildman–Crippen LogP) is 3.98. The molecular weight excluding hydrogens is 479 g/mol. The Bertz CT molecular complexity index is 1330.